The zero-order valence-corrected chi connectivity index (χ0v) is 20.1. The Morgan fingerprint density at radius 2 is 1.73 bits per heavy atom. The summed E-state index contributed by atoms with van der Waals surface area (Å²) in [5, 5.41) is 5.36. The van der Waals surface area contributed by atoms with Crippen LogP contribution in [0.5, 0.6) is 11.5 Å². The van der Waals surface area contributed by atoms with E-state index in [2.05, 4.69) is 24.1 Å². The van der Waals surface area contributed by atoms with Gasteiger partial charge in [-0.2, -0.15) is 0 Å². The highest BCUT2D eigenvalue weighted by Gasteiger charge is 2.22. The first kappa shape index (κ1) is 23.2. The molecule has 0 aliphatic carbocycles. The highest BCUT2D eigenvalue weighted by Crippen LogP contribution is 2.36. The number of carbonyl (C=O) groups excluding carboxylic acids is 1. The Kier molecular flexibility index (Phi) is 7.26. The van der Waals surface area contributed by atoms with Crippen LogP contribution in [0.2, 0.25) is 10.0 Å². The normalized spacial score (nSPS) is 12.2. The maximum atomic E-state index is 12.8. The molecule has 0 aliphatic rings. The monoisotopic (exact) mass is 480 g/mol. The van der Waals surface area contributed by atoms with Crippen LogP contribution in [0.1, 0.15) is 37.3 Å². The van der Waals surface area contributed by atoms with Crippen molar-refractivity contribution in [3.05, 3.63) is 94.1 Å². The minimum atomic E-state index is -0.168. The van der Waals surface area contributed by atoms with Gasteiger partial charge < -0.3 is 15.0 Å². The molecule has 170 valence electrons. The lowest BCUT2D eigenvalue weighted by atomic mass is 9.87. The molecular formula is C27H26Cl2N2O2. The van der Waals surface area contributed by atoms with Crippen molar-refractivity contribution < 1.29 is 9.53 Å². The number of amides is 1. The Morgan fingerprint density at radius 1 is 0.970 bits per heavy atom. The number of hydrogen-bond acceptors (Lipinski definition) is 2. The van der Waals surface area contributed by atoms with E-state index in [0.29, 0.717) is 40.4 Å². The molecular weight excluding hydrogens is 455 g/mol. The average Bonchev–Trinajstić information content (AvgIpc) is 3.20. The molecule has 4 rings (SSSR count). The third kappa shape index (κ3) is 5.89. The number of nitrogens with one attached hydrogen (secondary N) is 2. The van der Waals surface area contributed by atoms with Crippen molar-refractivity contribution in [3.8, 4) is 11.5 Å². The first-order chi connectivity index (χ1) is 15.9. The van der Waals surface area contributed by atoms with Gasteiger partial charge in [-0.25, -0.2) is 0 Å². The predicted octanol–water partition coefficient (Wildman–Crippen LogP) is 7.56. The smallest absolute Gasteiger partial charge is 0.220 e. The van der Waals surface area contributed by atoms with E-state index in [-0.39, 0.29) is 11.8 Å². The summed E-state index contributed by atoms with van der Waals surface area (Å²) in [6.07, 6.45) is 2.28. The number of halogens is 2. The summed E-state index contributed by atoms with van der Waals surface area (Å²) in [6.45, 7) is 4.80. The van der Waals surface area contributed by atoms with Crippen LogP contribution in [0.15, 0.2) is 72.9 Å². The Labute approximate surface area is 203 Å². The van der Waals surface area contributed by atoms with Gasteiger partial charge in [0.05, 0.1) is 0 Å². The number of hydrogen-bond donors (Lipinski definition) is 2. The van der Waals surface area contributed by atoms with Crippen LogP contribution in [0.4, 0.5) is 0 Å². The number of aromatic nitrogens is 1. The van der Waals surface area contributed by atoms with Gasteiger partial charge in [0.1, 0.15) is 11.5 Å². The first-order valence-electron chi connectivity index (χ1n) is 11.0. The summed E-state index contributed by atoms with van der Waals surface area (Å²) in [5.74, 6) is 1.62. The standard InChI is InChI=1S/C27H26Cl2N2O2/c1-17(2)15-31-27(32)14-23(25-16-30-26-11-8-20(29)13-24(25)26)18-4-3-5-22(12-18)33-21-9-6-19(28)7-10-21/h3-13,16-17,23,30H,14-15H2,1-2H3,(H,31,32). The third-order valence-electron chi connectivity index (χ3n) is 5.46. The molecule has 4 aromatic rings. The second kappa shape index (κ2) is 10.3. The molecule has 1 aromatic heterocycles. The maximum absolute atomic E-state index is 12.8. The number of rotatable bonds is 8. The van der Waals surface area contributed by atoms with Gasteiger partial charge in [0.25, 0.3) is 0 Å². The molecule has 1 amide bonds. The van der Waals surface area contributed by atoms with Gasteiger partial charge in [0, 0.05) is 46.0 Å². The third-order valence-corrected chi connectivity index (χ3v) is 5.95. The van der Waals surface area contributed by atoms with E-state index in [0.717, 1.165) is 22.0 Å². The molecule has 33 heavy (non-hydrogen) atoms. The minimum absolute atomic E-state index is 0.00843. The number of benzene rings is 3. The summed E-state index contributed by atoms with van der Waals surface area (Å²) in [7, 11) is 0. The molecule has 0 fully saturated rings. The largest absolute Gasteiger partial charge is 0.457 e. The number of ether oxygens (including phenoxy) is 1. The maximum Gasteiger partial charge on any atom is 0.220 e. The topological polar surface area (TPSA) is 54.1 Å². The van der Waals surface area contributed by atoms with E-state index in [1.807, 2.05) is 60.8 Å². The Hall–Kier alpha value is -2.95. The second-order valence-electron chi connectivity index (χ2n) is 8.52. The SMILES string of the molecule is CC(C)CNC(=O)CC(c1cccc(Oc2ccc(Cl)cc2)c1)c1c[nH]c2ccc(Cl)cc12. The van der Waals surface area contributed by atoms with Gasteiger partial charge in [-0.15, -0.1) is 0 Å². The van der Waals surface area contributed by atoms with E-state index in [1.54, 1.807) is 12.1 Å². The number of fused-ring (bicyclic) bond motifs is 1. The first-order valence-corrected chi connectivity index (χ1v) is 11.7. The van der Waals surface area contributed by atoms with Crippen molar-refractivity contribution in [1.82, 2.24) is 10.3 Å². The van der Waals surface area contributed by atoms with Crippen LogP contribution in [-0.4, -0.2) is 17.4 Å². The number of H-pyrrole nitrogens is 1. The van der Waals surface area contributed by atoms with E-state index in [9.17, 15) is 4.79 Å². The van der Waals surface area contributed by atoms with E-state index >= 15 is 0 Å². The minimum Gasteiger partial charge on any atom is -0.457 e. The Balaban J connectivity index is 1.68. The van der Waals surface area contributed by atoms with Crippen LogP contribution in [0.25, 0.3) is 10.9 Å². The van der Waals surface area contributed by atoms with Crippen molar-refractivity contribution in [2.45, 2.75) is 26.2 Å². The molecule has 1 unspecified atom stereocenters. The lowest BCUT2D eigenvalue weighted by molar-refractivity contribution is -0.121. The van der Waals surface area contributed by atoms with Gasteiger partial charge in [-0.1, -0.05) is 49.2 Å². The zero-order valence-electron chi connectivity index (χ0n) is 18.6. The molecule has 1 heterocycles. The highest BCUT2D eigenvalue weighted by molar-refractivity contribution is 6.31. The van der Waals surface area contributed by atoms with Crippen LogP contribution in [0, 0.1) is 5.92 Å². The van der Waals surface area contributed by atoms with Gasteiger partial charge in [-0.05, 0) is 71.6 Å². The van der Waals surface area contributed by atoms with Crippen molar-refractivity contribution in [2.24, 2.45) is 5.92 Å². The lowest BCUT2D eigenvalue weighted by Crippen LogP contribution is -2.28. The predicted molar refractivity (Wildman–Crippen MR) is 136 cm³/mol. The number of aromatic amines is 1. The van der Waals surface area contributed by atoms with Gasteiger partial charge >= 0.3 is 0 Å². The molecule has 4 nitrogen and oxygen atoms in total. The van der Waals surface area contributed by atoms with Crippen LogP contribution < -0.4 is 10.1 Å². The van der Waals surface area contributed by atoms with Crippen LogP contribution in [-0.2, 0) is 4.79 Å². The molecule has 0 bridgehead atoms. The van der Waals surface area contributed by atoms with E-state index in [4.69, 9.17) is 27.9 Å². The fourth-order valence-electron chi connectivity index (χ4n) is 3.82. The molecule has 0 saturated heterocycles. The van der Waals surface area contributed by atoms with Crippen molar-refractivity contribution in [2.75, 3.05) is 6.54 Å². The van der Waals surface area contributed by atoms with Crippen molar-refractivity contribution in [3.63, 3.8) is 0 Å². The highest BCUT2D eigenvalue weighted by atomic mass is 35.5. The van der Waals surface area contributed by atoms with Crippen LogP contribution in [0.3, 0.4) is 0 Å². The Bertz CT molecular complexity index is 1250. The molecule has 6 heteroatoms. The Morgan fingerprint density at radius 3 is 2.48 bits per heavy atom. The number of carbonyl (C=O) groups is 1. The summed E-state index contributed by atoms with van der Waals surface area (Å²) in [4.78, 5) is 16.2. The van der Waals surface area contributed by atoms with Crippen molar-refractivity contribution >= 4 is 40.0 Å². The summed E-state index contributed by atoms with van der Waals surface area (Å²) in [5.41, 5.74) is 2.99. The summed E-state index contributed by atoms with van der Waals surface area (Å²) >= 11 is 12.3. The van der Waals surface area contributed by atoms with Crippen molar-refractivity contribution in [1.29, 1.82) is 0 Å². The summed E-state index contributed by atoms with van der Waals surface area (Å²) < 4.78 is 6.04. The van der Waals surface area contributed by atoms with E-state index in [1.165, 1.54) is 0 Å². The van der Waals surface area contributed by atoms with Gasteiger partial charge in [0.2, 0.25) is 5.91 Å². The zero-order chi connectivity index (χ0) is 23.4. The second-order valence-corrected chi connectivity index (χ2v) is 9.39. The molecule has 2 N–H and O–H groups in total. The summed E-state index contributed by atoms with van der Waals surface area (Å²) in [6, 6.07) is 20.8. The fraction of sp³-hybridized carbons (Fsp3) is 0.222. The fourth-order valence-corrected chi connectivity index (χ4v) is 4.12. The molecule has 0 saturated carbocycles. The van der Waals surface area contributed by atoms with Crippen LogP contribution >= 0.6 is 23.2 Å². The lowest BCUT2D eigenvalue weighted by Gasteiger charge is -2.19. The molecule has 0 spiro atoms. The van der Waals surface area contributed by atoms with Gasteiger partial charge in [-0.3, -0.25) is 4.79 Å². The quantitative estimate of drug-likeness (QED) is 0.273. The van der Waals surface area contributed by atoms with E-state index < -0.39 is 0 Å². The molecule has 0 radical (unpaired) electrons. The average molecular weight is 481 g/mol. The van der Waals surface area contributed by atoms with Gasteiger partial charge in [0.15, 0.2) is 0 Å². The molecule has 0 aliphatic heterocycles. The molecule has 1 atom stereocenters. The molecule has 3 aromatic carbocycles.